The Morgan fingerprint density at radius 3 is 2.53 bits per heavy atom. The van der Waals surface area contributed by atoms with E-state index >= 15 is 0 Å². The Labute approximate surface area is 182 Å². The Morgan fingerprint density at radius 1 is 1.10 bits per heavy atom. The molecule has 0 aliphatic heterocycles. The maximum absolute atomic E-state index is 13.4. The summed E-state index contributed by atoms with van der Waals surface area (Å²) in [5.74, 6) is -0.0471. The molecule has 0 bridgehead atoms. The smallest absolute Gasteiger partial charge is 0.222 e. The quantitative estimate of drug-likeness (QED) is 0.340. The lowest BCUT2D eigenvalue weighted by atomic mass is 10.0. The number of aromatic nitrogens is 2. The summed E-state index contributed by atoms with van der Waals surface area (Å²) in [6.45, 7) is 1.86. The first-order valence-corrected chi connectivity index (χ1v) is 11.3. The fourth-order valence-electron chi connectivity index (χ4n) is 3.59. The van der Waals surface area contributed by atoms with Gasteiger partial charge in [0.05, 0.1) is 29.1 Å². The second-order valence-electron chi connectivity index (χ2n) is 7.01. The minimum atomic E-state index is -0.377. The number of thioether (sulfide) groups is 1. The van der Waals surface area contributed by atoms with Gasteiger partial charge in [0.15, 0.2) is 10.1 Å². The minimum Gasteiger partial charge on any atom is -0.369 e. The monoisotopic (exact) mass is 435 g/mol. The Kier molecular flexibility index (Phi) is 5.74. The lowest BCUT2D eigenvalue weighted by molar-refractivity contribution is -0.117. The molecule has 0 saturated heterocycles. The molecule has 0 saturated carbocycles. The average Bonchev–Trinajstić information content (AvgIpc) is 3.23. The number of Topliss-reactive ketones (excluding diaryl/α,β-unsaturated/α-hetero) is 1. The first-order valence-electron chi connectivity index (χ1n) is 9.49. The van der Waals surface area contributed by atoms with E-state index in [-0.39, 0.29) is 23.9 Å². The highest BCUT2D eigenvalue weighted by atomic mass is 32.2. The Hall–Kier alpha value is -2.90. The van der Waals surface area contributed by atoms with Crippen LogP contribution in [0.1, 0.15) is 20.9 Å². The molecule has 2 N–H and O–H groups in total. The second-order valence-corrected chi connectivity index (χ2v) is 9.32. The highest BCUT2D eigenvalue weighted by Gasteiger charge is 2.22. The molecule has 0 atom stereocenters. The van der Waals surface area contributed by atoms with Gasteiger partial charge in [0.1, 0.15) is 0 Å². The molecule has 0 aliphatic rings. The third-order valence-corrected chi connectivity index (χ3v) is 7.27. The summed E-state index contributed by atoms with van der Waals surface area (Å²) in [5, 5.41) is 0.953. The number of fused-ring (bicyclic) bond motifs is 1. The molecule has 5 nitrogen and oxygen atoms in total. The van der Waals surface area contributed by atoms with Gasteiger partial charge in [0.25, 0.3) is 0 Å². The van der Waals surface area contributed by atoms with Gasteiger partial charge in [-0.05, 0) is 18.6 Å². The lowest BCUT2D eigenvalue weighted by Gasteiger charge is -2.07. The van der Waals surface area contributed by atoms with Gasteiger partial charge in [-0.2, -0.15) is 0 Å². The summed E-state index contributed by atoms with van der Waals surface area (Å²) in [6.07, 6.45) is 0.180. The van der Waals surface area contributed by atoms with Crippen LogP contribution in [0, 0.1) is 6.92 Å². The molecule has 0 unspecified atom stereocenters. The molecular formula is C23H21N3O2S2. The van der Waals surface area contributed by atoms with Crippen molar-refractivity contribution in [2.24, 2.45) is 12.8 Å². The second kappa shape index (κ2) is 8.45. The Balaban J connectivity index is 1.68. The zero-order valence-electron chi connectivity index (χ0n) is 16.7. The van der Waals surface area contributed by atoms with Crippen LogP contribution in [0.25, 0.3) is 22.2 Å². The molecule has 4 rings (SSSR count). The maximum atomic E-state index is 13.4. The van der Waals surface area contributed by atoms with E-state index in [2.05, 4.69) is 9.55 Å². The summed E-state index contributed by atoms with van der Waals surface area (Å²) in [5.41, 5.74) is 9.80. The minimum absolute atomic E-state index is 0.0555. The van der Waals surface area contributed by atoms with Crippen molar-refractivity contribution >= 4 is 45.7 Å². The lowest BCUT2D eigenvalue weighted by Crippen LogP contribution is -2.13. The summed E-state index contributed by atoms with van der Waals surface area (Å²) in [6, 6.07) is 18.0. The van der Waals surface area contributed by atoms with Crippen LogP contribution in [0.3, 0.4) is 0 Å². The molecule has 152 valence electrons. The number of aryl methyl sites for hydroxylation is 2. The molecule has 2 heterocycles. The van der Waals surface area contributed by atoms with E-state index in [0.717, 1.165) is 42.6 Å². The number of rotatable bonds is 7. The van der Waals surface area contributed by atoms with E-state index in [1.54, 1.807) is 0 Å². The Morgan fingerprint density at radius 2 is 1.80 bits per heavy atom. The number of hydrogen-bond acceptors (Lipinski definition) is 5. The highest BCUT2D eigenvalue weighted by Crippen LogP contribution is 2.35. The van der Waals surface area contributed by atoms with Crippen molar-refractivity contribution in [1.82, 2.24) is 9.55 Å². The first-order chi connectivity index (χ1) is 14.5. The van der Waals surface area contributed by atoms with Crippen molar-refractivity contribution in [2.45, 2.75) is 17.7 Å². The number of thiazole rings is 1. The number of para-hydroxylation sites is 1. The van der Waals surface area contributed by atoms with E-state index < -0.39 is 0 Å². The number of ketones is 1. The number of nitrogens with zero attached hydrogens (tertiary/aromatic N) is 2. The van der Waals surface area contributed by atoms with Crippen LogP contribution in [-0.2, 0) is 18.3 Å². The molecule has 0 spiro atoms. The van der Waals surface area contributed by atoms with Crippen LogP contribution in [0.5, 0.6) is 0 Å². The highest BCUT2D eigenvalue weighted by molar-refractivity contribution is 8.01. The van der Waals surface area contributed by atoms with Crippen molar-refractivity contribution in [3.05, 3.63) is 70.7 Å². The zero-order chi connectivity index (χ0) is 21.3. The number of nitrogens with two attached hydrogens (primary N) is 1. The summed E-state index contributed by atoms with van der Waals surface area (Å²) < 4.78 is 2.86. The van der Waals surface area contributed by atoms with Crippen LogP contribution in [-0.4, -0.2) is 27.0 Å². The van der Waals surface area contributed by atoms with Crippen LogP contribution in [0.4, 0.5) is 0 Å². The van der Waals surface area contributed by atoms with Crippen molar-refractivity contribution in [1.29, 1.82) is 0 Å². The molecular weight excluding hydrogens is 414 g/mol. The molecule has 4 aromatic rings. The van der Waals surface area contributed by atoms with Gasteiger partial charge >= 0.3 is 0 Å². The fourth-order valence-corrected chi connectivity index (χ4v) is 5.71. The number of amides is 1. The van der Waals surface area contributed by atoms with Crippen LogP contribution in [0.15, 0.2) is 58.9 Å². The molecule has 0 fully saturated rings. The molecule has 7 heteroatoms. The number of hydrogen-bond donors (Lipinski definition) is 1. The molecule has 30 heavy (non-hydrogen) atoms. The van der Waals surface area contributed by atoms with E-state index in [4.69, 9.17) is 5.73 Å². The van der Waals surface area contributed by atoms with Crippen molar-refractivity contribution in [2.75, 3.05) is 5.75 Å². The van der Waals surface area contributed by atoms with Crippen LogP contribution in [0.2, 0.25) is 0 Å². The van der Waals surface area contributed by atoms with Crippen molar-refractivity contribution < 1.29 is 9.59 Å². The number of carbonyl (C=O) groups excluding carboxylic acids is 2. The van der Waals surface area contributed by atoms with Crippen LogP contribution >= 0.6 is 23.1 Å². The van der Waals surface area contributed by atoms with Gasteiger partial charge in [-0.25, -0.2) is 4.98 Å². The van der Waals surface area contributed by atoms with E-state index in [1.807, 2.05) is 68.6 Å². The van der Waals surface area contributed by atoms with E-state index in [0.29, 0.717) is 0 Å². The summed E-state index contributed by atoms with van der Waals surface area (Å²) in [4.78, 5) is 29.9. The van der Waals surface area contributed by atoms with Gasteiger partial charge in [0, 0.05) is 22.8 Å². The third kappa shape index (κ3) is 3.91. The predicted molar refractivity (Wildman–Crippen MR) is 123 cm³/mol. The predicted octanol–water partition coefficient (Wildman–Crippen LogP) is 4.61. The standard InChI is InChI=1S/C23H21N3O2S2/c1-14-19(12-20(24)28)30-23(25-14)29-13-18(27)21-16-10-6-7-11-17(16)26(2)22(21)15-8-4-3-5-9-15/h3-11H,12-13H2,1-2H3,(H2,24,28). The number of primary amides is 1. The molecule has 2 aromatic heterocycles. The van der Waals surface area contributed by atoms with Crippen LogP contribution < -0.4 is 5.73 Å². The van der Waals surface area contributed by atoms with Gasteiger partial charge in [0.2, 0.25) is 5.91 Å². The molecule has 0 radical (unpaired) electrons. The normalized spacial score (nSPS) is 11.1. The average molecular weight is 436 g/mol. The van der Waals surface area contributed by atoms with Gasteiger partial charge < -0.3 is 10.3 Å². The van der Waals surface area contributed by atoms with Crippen molar-refractivity contribution in [3.63, 3.8) is 0 Å². The van der Waals surface area contributed by atoms with Gasteiger partial charge in [-0.3, -0.25) is 9.59 Å². The zero-order valence-corrected chi connectivity index (χ0v) is 18.3. The molecule has 2 aromatic carbocycles. The van der Waals surface area contributed by atoms with E-state index in [1.165, 1.54) is 23.1 Å². The Bertz CT molecular complexity index is 1240. The maximum Gasteiger partial charge on any atom is 0.222 e. The van der Waals surface area contributed by atoms with Crippen molar-refractivity contribution in [3.8, 4) is 11.3 Å². The SMILES string of the molecule is Cc1nc(SCC(=O)c2c(-c3ccccc3)n(C)c3ccccc23)sc1CC(N)=O. The third-order valence-electron chi connectivity index (χ3n) is 4.97. The summed E-state index contributed by atoms with van der Waals surface area (Å²) in [7, 11) is 1.99. The largest absolute Gasteiger partial charge is 0.369 e. The summed E-state index contributed by atoms with van der Waals surface area (Å²) >= 11 is 2.83. The van der Waals surface area contributed by atoms with Gasteiger partial charge in [-0.15, -0.1) is 11.3 Å². The number of carbonyl (C=O) groups is 2. The molecule has 1 amide bonds. The topological polar surface area (TPSA) is 78.0 Å². The first kappa shape index (κ1) is 20.4. The van der Waals surface area contributed by atoms with E-state index in [9.17, 15) is 9.59 Å². The number of benzene rings is 2. The molecule has 0 aliphatic carbocycles. The van der Waals surface area contributed by atoms with Gasteiger partial charge in [-0.1, -0.05) is 60.3 Å². The fraction of sp³-hybridized carbons (Fsp3) is 0.174.